The Morgan fingerprint density at radius 1 is 0.227 bits per heavy atom. The van der Waals surface area contributed by atoms with Crippen LogP contribution < -0.4 is 0 Å². The van der Waals surface area contributed by atoms with Crippen LogP contribution in [0, 0.1) is 0 Å². The molecule has 0 heterocycles. The molecule has 0 unspecified atom stereocenters. The maximum atomic E-state index is 2.37. The highest BCUT2D eigenvalue weighted by atomic mass is 14.3. The van der Waals surface area contributed by atoms with Gasteiger partial charge in [0.25, 0.3) is 0 Å². The summed E-state index contributed by atoms with van der Waals surface area (Å²) in [6, 6.07) is 62.2. The third-order valence-electron chi connectivity index (χ3n) is 9.19. The minimum Gasteiger partial charge on any atom is -0.0622 e. The minimum absolute atomic E-state index is 1.22. The van der Waals surface area contributed by atoms with Crippen LogP contribution in [0.5, 0.6) is 0 Å². The standard InChI is InChI=1S/C44H28/c1-5-15-29(16-6-1)34-27-28-36-35-25-13-23-30-24-14-26-37(38(30)35)44-41(33-21-11-4-12-22-33)39(31-17-7-2-8-18-31)40(42(34)43(36)44)32-19-9-3-10-20-32/h1-28H. The monoisotopic (exact) mass is 556 g/mol. The quantitative estimate of drug-likeness (QED) is 0.149. The number of hydrogen-bond acceptors (Lipinski definition) is 0. The average molecular weight is 557 g/mol. The third-order valence-corrected chi connectivity index (χ3v) is 9.19. The Balaban J connectivity index is 1.68. The molecule has 0 amide bonds. The van der Waals surface area contributed by atoms with Crippen molar-refractivity contribution in [2.45, 2.75) is 0 Å². The molecule has 9 rings (SSSR count). The van der Waals surface area contributed by atoms with Crippen molar-refractivity contribution in [1.82, 2.24) is 0 Å². The van der Waals surface area contributed by atoms with Crippen LogP contribution in [0.3, 0.4) is 0 Å². The molecule has 0 bridgehead atoms. The van der Waals surface area contributed by atoms with E-state index in [1.54, 1.807) is 0 Å². The van der Waals surface area contributed by atoms with Crippen LogP contribution in [0.4, 0.5) is 0 Å². The first kappa shape index (κ1) is 24.8. The molecule has 0 aliphatic rings. The smallest absolute Gasteiger partial charge is 0.000718 e. The summed E-state index contributed by atoms with van der Waals surface area (Å²) >= 11 is 0. The van der Waals surface area contributed by atoms with Crippen LogP contribution in [0.25, 0.3) is 87.6 Å². The first-order chi connectivity index (χ1) is 21.9. The van der Waals surface area contributed by atoms with Crippen molar-refractivity contribution in [1.29, 1.82) is 0 Å². The van der Waals surface area contributed by atoms with Gasteiger partial charge in [-0.05, 0) is 87.6 Å². The van der Waals surface area contributed by atoms with E-state index in [2.05, 4.69) is 170 Å². The van der Waals surface area contributed by atoms with Crippen molar-refractivity contribution >= 4 is 43.1 Å². The van der Waals surface area contributed by atoms with E-state index >= 15 is 0 Å². The van der Waals surface area contributed by atoms with Gasteiger partial charge in [0.1, 0.15) is 0 Å². The zero-order chi connectivity index (χ0) is 29.0. The van der Waals surface area contributed by atoms with Gasteiger partial charge in [-0.2, -0.15) is 0 Å². The summed E-state index contributed by atoms with van der Waals surface area (Å²) < 4.78 is 0. The van der Waals surface area contributed by atoms with Crippen LogP contribution in [0.15, 0.2) is 170 Å². The minimum atomic E-state index is 1.22. The zero-order valence-electron chi connectivity index (χ0n) is 24.2. The first-order valence-electron chi connectivity index (χ1n) is 15.3. The van der Waals surface area contributed by atoms with Gasteiger partial charge in [0.05, 0.1) is 0 Å². The molecule has 0 saturated carbocycles. The average Bonchev–Trinajstić information content (AvgIpc) is 3.11. The van der Waals surface area contributed by atoms with E-state index in [4.69, 9.17) is 0 Å². The van der Waals surface area contributed by atoms with Crippen LogP contribution >= 0.6 is 0 Å². The molecule has 0 radical (unpaired) electrons. The second kappa shape index (κ2) is 9.93. The largest absolute Gasteiger partial charge is 0.0622 e. The van der Waals surface area contributed by atoms with Gasteiger partial charge in [-0.15, -0.1) is 0 Å². The summed E-state index contributed by atoms with van der Waals surface area (Å²) in [5.41, 5.74) is 10.0. The second-order valence-corrected chi connectivity index (χ2v) is 11.6. The predicted octanol–water partition coefficient (Wildman–Crippen LogP) is 12.4. The van der Waals surface area contributed by atoms with E-state index in [1.165, 1.54) is 87.6 Å². The number of benzene rings is 9. The Kier molecular flexibility index (Phi) is 5.61. The summed E-state index contributed by atoms with van der Waals surface area (Å²) in [5, 5.41) is 10.5. The Labute approximate surface area is 256 Å². The Morgan fingerprint density at radius 2 is 0.682 bits per heavy atom. The number of rotatable bonds is 4. The molecule has 44 heavy (non-hydrogen) atoms. The Bertz CT molecular complexity index is 2430. The van der Waals surface area contributed by atoms with Gasteiger partial charge in [-0.25, -0.2) is 0 Å². The van der Waals surface area contributed by atoms with E-state index in [0.717, 1.165) is 0 Å². The maximum absolute atomic E-state index is 2.37. The van der Waals surface area contributed by atoms with E-state index in [0.29, 0.717) is 0 Å². The molecule has 0 nitrogen and oxygen atoms in total. The molecule has 0 aliphatic heterocycles. The topological polar surface area (TPSA) is 0 Å². The summed E-state index contributed by atoms with van der Waals surface area (Å²) in [4.78, 5) is 0. The van der Waals surface area contributed by atoms with Gasteiger partial charge in [-0.3, -0.25) is 0 Å². The van der Waals surface area contributed by atoms with Gasteiger partial charge >= 0.3 is 0 Å². The number of fused-ring (bicyclic) bond motifs is 2. The van der Waals surface area contributed by atoms with Gasteiger partial charge in [0, 0.05) is 0 Å². The highest BCUT2D eigenvalue weighted by Gasteiger charge is 2.26. The molecule has 9 aromatic carbocycles. The van der Waals surface area contributed by atoms with E-state index in [1.807, 2.05) is 0 Å². The molecular formula is C44H28. The lowest BCUT2D eigenvalue weighted by Gasteiger charge is -2.26. The van der Waals surface area contributed by atoms with Crippen LogP contribution in [0.1, 0.15) is 0 Å². The van der Waals surface area contributed by atoms with Gasteiger partial charge < -0.3 is 0 Å². The van der Waals surface area contributed by atoms with Crippen LogP contribution in [-0.4, -0.2) is 0 Å². The maximum Gasteiger partial charge on any atom is -0.000718 e. The molecule has 0 fully saturated rings. The highest BCUT2D eigenvalue weighted by molar-refractivity contribution is 6.40. The van der Waals surface area contributed by atoms with E-state index in [-0.39, 0.29) is 0 Å². The predicted molar refractivity (Wildman–Crippen MR) is 189 cm³/mol. The van der Waals surface area contributed by atoms with Crippen molar-refractivity contribution in [3.05, 3.63) is 170 Å². The van der Waals surface area contributed by atoms with Crippen molar-refractivity contribution < 1.29 is 0 Å². The van der Waals surface area contributed by atoms with E-state index < -0.39 is 0 Å². The van der Waals surface area contributed by atoms with Gasteiger partial charge in [-0.1, -0.05) is 170 Å². The SMILES string of the molecule is c1ccc(-c2c(-c3ccccc3)c3c(-c4ccccc4)ccc4c5cccc6cccc(c(c2-c2ccccc2)c34)c65)cc1. The van der Waals surface area contributed by atoms with Crippen molar-refractivity contribution in [2.75, 3.05) is 0 Å². The van der Waals surface area contributed by atoms with E-state index in [9.17, 15) is 0 Å². The lowest BCUT2D eigenvalue weighted by molar-refractivity contribution is 1.59. The first-order valence-corrected chi connectivity index (χ1v) is 15.3. The summed E-state index contributed by atoms with van der Waals surface area (Å²) in [6.07, 6.45) is 0. The second-order valence-electron chi connectivity index (χ2n) is 11.6. The molecular weight excluding hydrogens is 528 g/mol. The highest BCUT2D eigenvalue weighted by Crippen LogP contribution is 2.54. The van der Waals surface area contributed by atoms with Crippen molar-refractivity contribution in [2.24, 2.45) is 0 Å². The normalized spacial score (nSPS) is 11.6. The molecule has 204 valence electrons. The lowest BCUT2D eigenvalue weighted by Crippen LogP contribution is -1.98. The summed E-state index contributed by atoms with van der Waals surface area (Å²) in [5.74, 6) is 0. The molecule has 0 heteroatoms. The van der Waals surface area contributed by atoms with Gasteiger partial charge in [0.2, 0.25) is 0 Å². The molecule has 0 aliphatic carbocycles. The Hall–Kier alpha value is -5.72. The number of hydrogen-bond donors (Lipinski definition) is 0. The molecule has 0 atom stereocenters. The molecule has 0 saturated heterocycles. The van der Waals surface area contributed by atoms with Crippen LogP contribution in [-0.2, 0) is 0 Å². The fourth-order valence-corrected chi connectivity index (χ4v) is 7.43. The molecule has 9 aromatic rings. The lowest BCUT2D eigenvalue weighted by atomic mass is 9.76. The summed E-state index contributed by atoms with van der Waals surface area (Å²) in [7, 11) is 0. The van der Waals surface area contributed by atoms with Gasteiger partial charge in [0.15, 0.2) is 0 Å². The van der Waals surface area contributed by atoms with Crippen LogP contribution in [0.2, 0.25) is 0 Å². The molecule has 0 N–H and O–H groups in total. The zero-order valence-corrected chi connectivity index (χ0v) is 24.2. The fourth-order valence-electron chi connectivity index (χ4n) is 7.43. The molecule has 0 aromatic heterocycles. The third kappa shape index (κ3) is 3.65. The summed E-state index contributed by atoms with van der Waals surface area (Å²) in [6.45, 7) is 0. The van der Waals surface area contributed by atoms with Crippen molar-refractivity contribution in [3.63, 3.8) is 0 Å². The fraction of sp³-hybridized carbons (Fsp3) is 0. The Morgan fingerprint density at radius 3 is 1.25 bits per heavy atom. The van der Waals surface area contributed by atoms with Crippen molar-refractivity contribution in [3.8, 4) is 44.5 Å². The molecule has 0 spiro atoms.